The summed E-state index contributed by atoms with van der Waals surface area (Å²) in [6, 6.07) is 7.73. The molecule has 0 aliphatic rings. The third kappa shape index (κ3) is 2.09. The summed E-state index contributed by atoms with van der Waals surface area (Å²) in [7, 11) is 0. The van der Waals surface area contributed by atoms with E-state index in [0.29, 0.717) is 5.56 Å². The molecule has 0 bridgehead atoms. The molecule has 0 atom stereocenters. The van der Waals surface area contributed by atoms with Gasteiger partial charge in [0, 0.05) is 5.56 Å². The average molecular weight is 172 g/mol. The normalized spacial score (nSPS) is 8.23. The highest BCUT2D eigenvalue weighted by atomic mass is 16.2. The summed E-state index contributed by atoms with van der Waals surface area (Å²) in [4.78, 5) is 23.6. The first-order valence-corrected chi connectivity index (χ1v) is 3.40. The fraction of sp³-hybridized carbons (Fsp3) is 0. The van der Waals surface area contributed by atoms with Gasteiger partial charge in [-0.15, -0.1) is 4.99 Å². The van der Waals surface area contributed by atoms with E-state index >= 15 is 0 Å². The van der Waals surface area contributed by atoms with Crippen LogP contribution < -0.4 is 0 Å². The Kier molecular flexibility index (Phi) is 2.69. The van der Waals surface area contributed by atoms with Crippen molar-refractivity contribution >= 4 is 12.0 Å². The molecule has 1 rings (SSSR count). The number of hydrogen-bond donors (Lipinski definition) is 0. The monoisotopic (exact) mass is 172 g/mol. The lowest BCUT2D eigenvalue weighted by atomic mass is 10.1. The van der Waals surface area contributed by atoms with Gasteiger partial charge in [-0.05, 0) is 24.3 Å². The number of carbonyl (C=O) groups excluding carboxylic acids is 2. The molecule has 1 amide bonds. The fourth-order valence-electron chi connectivity index (χ4n) is 0.793. The second-order valence-corrected chi connectivity index (χ2v) is 2.20. The molecule has 0 fully saturated rings. The highest BCUT2D eigenvalue weighted by Gasteiger charge is 2.02. The van der Waals surface area contributed by atoms with Crippen molar-refractivity contribution in [3.63, 3.8) is 0 Å². The first kappa shape index (κ1) is 8.85. The van der Waals surface area contributed by atoms with E-state index < -0.39 is 5.91 Å². The zero-order valence-electron chi connectivity index (χ0n) is 6.52. The van der Waals surface area contributed by atoms with Crippen molar-refractivity contribution in [2.45, 2.75) is 0 Å². The molecule has 0 unspecified atom stereocenters. The largest absolute Gasteiger partial charge is 0.287 e. The van der Waals surface area contributed by atoms with Crippen LogP contribution in [0.25, 0.3) is 0 Å². The molecule has 0 saturated heterocycles. The van der Waals surface area contributed by atoms with E-state index in [0.717, 1.165) is 6.08 Å². The molecule has 62 valence electrons. The second kappa shape index (κ2) is 3.96. The summed E-state index contributed by atoms with van der Waals surface area (Å²) in [5, 5.41) is 8.45. The summed E-state index contributed by atoms with van der Waals surface area (Å²) < 4.78 is 0. The molecule has 1 aromatic carbocycles. The number of nitriles is 1. The lowest BCUT2D eigenvalue weighted by Crippen LogP contribution is -1.93. The Bertz CT molecular complexity index is 408. The Morgan fingerprint density at radius 3 is 2.38 bits per heavy atom. The lowest BCUT2D eigenvalue weighted by Gasteiger charge is -1.92. The van der Waals surface area contributed by atoms with Crippen LogP contribution in [0.2, 0.25) is 0 Å². The van der Waals surface area contributed by atoms with Crippen LogP contribution in [0.4, 0.5) is 0 Å². The van der Waals surface area contributed by atoms with Crippen molar-refractivity contribution in [2.75, 3.05) is 0 Å². The van der Waals surface area contributed by atoms with Crippen molar-refractivity contribution in [3.8, 4) is 6.07 Å². The molecule has 0 spiro atoms. The number of amides is 1. The van der Waals surface area contributed by atoms with Crippen LogP contribution in [-0.4, -0.2) is 12.0 Å². The number of benzene rings is 1. The first-order valence-electron chi connectivity index (χ1n) is 3.40. The predicted octanol–water partition coefficient (Wildman–Crippen LogP) is 1.03. The SMILES string of the molecule is N#Cc1ccc(C(=O)N=C=O)cc1. The Hall–Kier alpha value is -2.24. The topological polar surface area (TPSA) is 70.3 Å². The second-order valence-electron chi connectivity index (χ2n) is 2.20. The summed E-state index contributed by atoms with van der Waals surface area (Å²) in [5.41, 5.74) is 0.717. The van der Waals surface area contributed by atoms with Gasteiger partial charge in [0.2, 0.25) is 6.08 Å². The molecule has 0 heterocycles. The molecule has 1 aromatic rings. The summed E-state index contributed by atoms with van der Waals surface area (Å²) in [6.07, 6.45) is 1.16. The number of nitrogens with zero attached hydrogens (tertiary/aromatic N) is 2. The number of carbonyl (C=O) groups is 1. The van der Waals surface area contributed by atoms with E-state index in [1.165, 1.54) is 24.3 Å². The predicted molar refractivity (Wildman–Crippen MR) is 43.6 cm³/mol. The van der Waals surface area contributed by atoms with Gasteiger partial charge in [-0.2, -0.15) is 5.26 Å². The van der Waals surface area contributed by atoms with Gasteiger partial charge in [0.1, 0.15) is 0 Å². The fourth-order valence-corrected chi connectivity index (χ4v) is 0.793. The minimum Gasteiger partial charge on any atom is -0.266 e. The van der Waals surface area contributed by atoms with Gasteiger partial charge in [-0.3, -0.25) is 4.79 Å². The van der Waals surface area contributed by atoms with E-state index in [1.807, 2.05) is 6.07 Å². The minimum absolute atomic E-state index is 0.266. The smallest absolute Gasteiger partial charge is 0.266 e. The minimum atomic E-state index is -0.653. The van der Waals surface area contributed by atoms with Crippen LogP contribution in [-0.2, 0) is 4.79 Å². The average Bonchev–Trinajstić information content (AvgIpc) is 2.18. The van der Waals surface area contributed by atoms with Gasteiger partial charge < -0.3 is 0 Å². The van der Waals surface area contributed by atoms with Crippen molar-refractivity contribution in [2.24, 2.45) is 4.99 Å². The maximum absolute atomic E-state index is 10.9. The van der Waals surface area contributed by atoms with Crippen molar-refractivity contribution in [1.82, 2.24) is 0 Å². The van der Waals surface area contributed by atoms with E-state index in [9.17, 15) is 9.59 Å². The van der Waals surface area contributed by atoms with E-state index in [2.05, 4.69) is 4.99 Å². The van der Waals surface area contributed by atoms with Crippen molar-refractivity contribution in [3.05, 3.63) is 35.4 Å². The van der Waals surface area contributed by atoms with Gasteiger partial charge in [0.15, 0.2) is 0 Å². The summed E-state index contributed by atoms with van der Waals surface area (Å²) >= 11 is 0. The Morgan fingerprint density at radius 1 is 1.31 bits per heavy atom. The number of isocyanates is 1. The molecular weight excluding hydrogens is 168 g/mol. The third-order valence-corrected chi connectivity index (χ3v) is 1.41. The first-order chi connectivity index (χ1) is 6.27. The zero-order chi connectivity index (χ0) is 9.68. The number of aliphatic imine (C=N–C) groups is 1. The molecule has 4 heteroatoms. The van der Waals surface area contributed by atoms with Gasteiger partial charge in [-0.1, -0.05) is 0 Å². The maximum atomic E-state index is 10.9. The molecule has 0 aliphatic carbocycles. The Labute approximate surface area is 74.1 Å². The quantitative estimate of drug-likeness (QED) is 0.469. The molecule has 4 nitrogen and oxygen atoms in total. The molecule has 0 radical (unpaired) electrons. The highest BCUT2D eigenvalue weighted by molar-refractivity contribution is 5.97. The van der Waals surface area contributed by atoms with E-state index in [-0.39, 0.29) is 5.56 Å². The van der Waals surface area contributed by atoms with Crippen LogP contribution >= 0.6 is 0 Å². The van der Waals surface area contributed by atoms with Crippen LogP contribution in [0.3, 0.4) is 0 Å². The summed E-state index contributed by atoms with van der Waals surface area (Å²) in [5.74, 6) is -0.653. The molecule has 13 heavy (non-hydrogen) atoms. The summed E-state index contributed by atoms with van der Waals surface area (Å²) in [6.45, 7) is 0. The Balaban J connectivity index is 3.00. The maximum Gasteiger partial charge on any atom is 0.287 e. The van der Waals surface area contributed by atoms with Gasteiger partial charge in [0.05, 0.1) is 11.6 Å². The lowest BCUT2D eigenvalue weighted by molar-refractivity contribution is 0.100. The van der Waals surface area contributed by atoms with Crippen molar-refractivity contribution < 1.29 is 9.59 Å². The molecule has 0 aliphatic heterocycles. The number of hydrogen-bond acceptors (Lipinski definition) is 3. The van der Waals surface area contributed by atoms with Gasteiger partial charge in [-0.25, -0.2) is 4.79 Å². The molecule has 0 N–H and O–H groups in total. The molecule has 0 aromatic heterocycles. The van der Waals surface area contributed by atoms with E-state index in [4.69, 9.17) is 5.26 Å². The molecule has 0 saturated carbocycles. The van der Waals surface area contributed by atoms with Gasteiger partial charge >= 0.3 is 0 Å². The highest BCUT2D eigenvalue weighted by Crippen LogP contribution is 2.04. The van der Waals surface area contributed by atoms with Gasteiger partial charge in [0.25, 0.3) is 5.91 Å². The third-order valence-electron chi connectivity index (χ3n) is 1.41. The zero-order valence-corrected chi connectivity index (χ0v) is 6.52. The van der Waals surface area contributed by atoms with Crippen LogP contribution in [0.1, 0.15) is 15.9 Å². The van der Waals surface area contributed by atoms with Crippen LogP contribution in [0.15, 0.2) is 29.3 Å². The van der Waals surface area contributed by atoms with Crippen LogP contribution in [0.5, 0.6) is 0 Å². The number of rotatable bonds is 1. The van der Waals surface area contributed by atoms with E-state index in [1.54, 1.807) is 0 Å². The Morgan fingerprint density at radius 2 is 1.92 bits per heavy atom. The standard InChI is InChI=1S/C9H4N2O2/c10-5-7-1-3-8(4-2-7)9(13)11-6-12/h1-4H. The van der Waals surface area contributed by atoms with Crippen molar-refractivity contribution in [1.29, 1.82) is 5.26 Å². The van der Waals surface area contributed by atoms with Crippen LogP contribution in [0, 0.1) is 11.3 Å². The molecular formula is C9H4N2O2.